The van der Waals surface area contributed by atoms with Crippen molar-refractivity contribution in [1.29, 1.82) is 0 Å². The molecular weight excluding hydrogens is 362 g/mol. The lowest BCUT2D eigenvalue weighted by atomic mass is 9.87. The van der Waals surface area contributed by atoms with Crippen molar-refractivity contribution in [2.24, 2.45) is 0 Å². The summed E-state index contributed by atoms with van der Waals surface area (Å²) in [5.74, 6) is 0.890. The van der Waals surface area contributed by atoms with Gasteiger partial charge in [-0.25, -0.2) is 0 Å². The molecule has 3 rings (SSSR count). The first kappa shape index (κ1) is 20.8. The van der Waals surface area contributed by atoms with Gasteiger partial charge >= 0.3 is 0 Å². The summed E-state index contributed by atoms with van der Waals surface area (Å²) >= 11 is 0. The number of hydrogen-bond acceptors (Lipinski definition) is 4. The molecule has 5 heteroatoms. The molecule has 0 spiro atoms. The number of hydrogen-bond donors (Lipinski definition) is 0. The summed E-state index contributed by atoms with van der Waals surface area (Å²) < 4.78 is 5.39. The molecule has 1 amide bonds. The highest BCUT2D eigenvalue weighted by atomic mass is 16.5. The van der Waals surface area contributed by atoms with Crippen molar-refractivity contribution in [2.45, 2.75) is 53.5 Å². The van der Waals surface area contributed by atoms with Crippen LogP contribution < -0.4 is 0 Å². The highest BCUT2D eigenvalue weighted by molar-refractivity contribution is 5.95. The first-order chi connectivity index (χ1) is 13.6. The number of carbonyl (C=O) groups is 1. The Morgan fingerprint density at radius 1 is 1.00 bits per heavy atom. The zero-order valence-electron chi connectivity index (χ0n) is 18.3. The fourth-order valence-corrected chi connectivity index (χ4v) is 3.23. The molecular formula is C24H29N3O2. The van der Waals surface area contributed by atoms with Gasteiger partial charge in [0, 0.05) is 18.2 Å². The van der Waals surface area contributed by atoms with Crippen LogP contribution in [0.5, 0.6) is 0 Å². The minimum atomic E-state index is -0.0557. The van der Waals surface area contributed by atoms with Crippen LogP contribution in [0, 0.1) is 20.8 Å². The standard InChI is InChI=1S/C24H29N3O2/c1-15-12-17(3)20(13-16(15)2)23(28)27(7)14-21-25-22(26-29-21)18-8-10-19(11-9-18)24(4,5)6/h8-13H,14H2,1-7H3. The number of rotatable bonds is 4. The molecule has 2 aromatic carbocycles. The molecule has 0 radical (unpaired) electrons. The molecule has 5 nitrogen and oxygen atoms in total. The van der Waals surface area contributed by atoms with Crippen LogP contribution in [0.15, 0.2) is 40.9 Å². The van der Waals surface area contributed by atoms with E-state index in [0.29, 0.717) is 17.3 Å². The Kier molecular flexibility index (Phi) is 5.60. The van der Waals surface area contributed by atoms with Crippen LogP contribution >= 0.6 is 0 Å². The Hall–Kier alpha value is -2.95. The molecule has 152 valence electrons. The van der Waals surface area contributed by atoms with Crippen molar-refractivity contribution in [2.75, 3.05) is 7.05 Å². The number of amides is 1. The van der Waals surface area contributed by atoms with Gasteiger partial charge in [-0.05, 0) is 54.5 Å². The molecule has 0 bridgehead atoms. The maximum absolute atomic E-state index is 12.9. The molecule has 0 saturated heterocycles. The number of aryl methyl sites for hydroxylation is 3. The topological polar surface area (TPSA) is 59.2 Å². The second kappa shape index (κ2) is 7.82. The predicted octanol–water partition coefficient (Wildman–Crippen LogP) is 5.23. The normalized spacial score (nSPS) is 11.6. The van der Waals surface area contributed by atoms with Crippen molar-refractivity contribution in [3.05, 3.63) is 70.1 Å². The summed E-state index contributed by atoms with van der Waals surface area (Å²) in [6.07, 6.45) is 0. The maximum atomic E-state index is 12.9. The second-order valence-corrected chi connectivity index (χ2v) is 8.75. The Balaban J connectivity index is 1.74. The number of carbonyl (C=O) groups excluding carboxylic acids is 1. The van der Waals surface area contributed by atoms with Crippen LogP contribution in [0.3, 0.4) is 0 Å². The molecule has 3 aromatic rings. The van der Waals surface area contributed by atoms with E-state index in [0.717, 1.165) is 16.7 Å². The zero-order chi connectivity index (χ0) is 21.3. The number of nitrogens with zero attached hydrogens (tertiary/aromatic N) is 3. The molecule has 0 saturated carbocycles. The van der Waals surface area contributed by atoms with Gasteiger partial charge in [-0.3, -0.25) is 4.79 Å². The van der Waals surface area contributed by atoms with Gasteiger partial charge < -0.3 is 9.42 Å². The lowest BCUT2D eigenvalue weighted by Crippen LogP contribution is -2.27. The predicted molar refractivity (Wildman–Crippen MR) is 115 cm³/mol. The minimum absolute atomic E-state index is 0.0557. The largest absolute Gasteiger partial charge is 0.337 e. The van der Waals surface area contributed by atoms with Gasteiger partial charge in [-0.2, -0.15) is 4.98 Å². The lowest BCUT2D eigenvalue weighted by molar-refractivity contribution is 0.0768. The van der Waals surface area contributed by atoms with Crippen molar-refractivity contribution < 1.29 is 9.32 Å². The summed E-state index contributed by atoms with van der Waals surface area (Å²) in [5, 5.41) is 4.08. The van der Waals surface area contributed by atoms with E-state index in [1.165, 1.54) is 11.1 Å². The number of aromatic nitrogens is 2. The highest BCUT2D eigenvalue weighted by Gasteiger charge is 2.19. The first-order valence-electron chi connectivity index (χ1n) is 9.83. The quantitative estimate of drug-likeness (QED) is 0.611. The average Bonchev–Trinajstić information content (AvgIpc) is 3.12. The van der Waals surface area contributed by atoms with Gasteiger partial charge in [0.2, 0.25) is 11.7 Å². The van der Waals surface area contributed by atoms with E-state index < -0.39 is 0 Å². The van der Waals surface area contributed by atoms with E-state index in [-0.39, 0.29) is 17.9 Å². The van der Waals surface area contributed by atoms with Crippen LogP contribution in [0.2, 0.25) is 0 Å². The Morgan fingerprint density at radius 2 is 1.62 bits per heavy atom. The van der Waals surface area contributed by atoms with Gasteiger partial charge in [0.05, 0.1) is 6.54 Å². The Morgan fingerprint density at radius 3 is 2.24 bits per heavy atom. The van der Waals surface area contributed by atoms with Crippen LogP contribution in [-0.2, 0) is 12.0 Å². The third-order valence-corrected chi connectivity index (χ3v) is 5.27. The summed E-state index contributed by atoms with van der Waals surface area (Å²) in [4.78, 5) is 19.0. The molecule has 0 N–H and O–H groups in total. The third kappa shape index (κ3) is 4.56. The molecule has 1 aromatic heterocycles. The summed E-state index contributed by atoms with van der Waals surface area (Å²) in [7, 11) is 1.75. The summed E-state index contributed by atoms with van der Waals surface area (Å²) in [5.41, 5.74) is 6.19. The zero-order valence-corrected chi connectivity index (χ0v) is 18.3. The molecule has 0 aliphatic rings. The fourth-order valence-electron chi connectivity index (χ4n) is 3.23. The van der Waals surface area contributed by atoms with E-state index in [1.54, 1.807) is 11.9 Å². The first-order valence-corrected chi connectivity index (χ1v) is 9.83. The van der Waals surface area contributed by atoms with Crippen LogP contribution in [0.1, 0.15) is 59.3 Å². The molecule has 29 heavy (non-hydrogen) atoms. The summed E-state index contributed by atoms with van der Waals surface area (Å²) in [6, 6.07) is 12.2. The fraction of sp³-hybridized carbons (Fsp3) is 0.375. The molecule has 0 atom stereocenters. The third-order valence-electron chi connectivity index (χ3n) is 5.27. The van der Waals surface area contributed by atoms with Crippen molar-refractivity contribution >= 4 is 5.91 Å². The molecule has 0 fully saturated rings. The van der Waals surface area contributed by atoms with Gasteiger partial charge in [0.1, 0.15) is 0 Å². The lowest BCUT2D eigenvalue weighted by Gasteiger charge is -2.18. The smallest absolute Gasteiger partial charge is 0.254 e. The number of benzene rings is 2. The van der Waals surface area contributed by atoms with Crippen molar-refractivity contribution in [3.63, 3.8) is 0 Å². The van der Waals surface area contributed by atoms with Crippen LogP contribution in [-0.4, -0.2) is 28.0 Å². The average molecular weight is 392 g/mol. The Bertz CT molecular complexity index is 1030. The van der Waals surface area contributed by atoms with Crippen LogP contribution in [0.4, 0.5) is 0 Å². The highest BCUT2D eigenvalue weighted by Crippen LogP contribution is 2.25. The monoisotopic (exact) mass is 391 g/mol. The van der Waals surface area contributed by atoms with E-state index in [2.05, 4.69) is 43.0 Å². The van der Waals surface area contributed by atoms with E-state index >= 15 is 0 Å². The van der Waals surface area contributed by atoms with Gasteiger partial charge in [-0.15, -0.1) is 0 Å². The van der Waals surface area contributed by atoms with Gasteiger partial charge in [-0.1, -0.05) is 56.3 Å². The molecule has 0 aliphatic carbocycles. The van der Waals surface area contributed by atoms with Crippen molar-refractivity contribution in [1.82, 2.24) is 15.0 Å². The van der Waals surface area contributed by atoms with E-state index in [1.807, 2.05) is 45.0 Å². The molecule has 1 heterocycles. The Labute approximate surface area is 172 Å². The maximum Gasteiger partial charge on any atom is 0.254 e. The van der Waals surface area contributed by atoms with E-state index in [9.17, 15) is 4.79 Å². The van der Waals surface area contributed by atoms with Crippen molar-refractivity contribution in [3.8, 4) is 11.4 Å². The van der Waals surface area contributed by atoms with Gasteiger partial charge in [0.25, 0.3) is 5.91 Å². The molecule has 0 unspecified atom stereocenters. The second-order valence-electron chi connectivity index (χ2n) is 8.75. The minimum Gasteiger partial charge on any atom is -0.337 e. The van der Waals surface area contributed by atoms with Crippen LogP contribution in [0.25, 0.3) is 11.4 Å². The molecule has 0 aliphatic heterocycles. The summed E-state index contributed by atoms with van der Waals surface area (Å²) in [6.45, 7) is 12.8. The van der Waals surface area contributed by atoms with Gasteiger partial charge in [0.15, 0.2) is 0 Å². The van der Waals surface area contributed by atoms with E-state index in [4.69, 9.17) is 4.52 Å². The SMILES string of the molecule is Cc1cc(C)c(C(=O)N(C)Cc2nc(-c3ccc(C(C)(C)C)cc3)no2)cc1C.